The van der Waals surface area contributed by atoms with E-state index in [1.54, 1.807) is 11.0 Å². The number of nitrogens with one attached hydrogen (secondary N) is 1. The maximum atomic E-state index is 13.0. The van der Waals surface area contributed by atoms with Crippen molar-refractivity contribution in [1.82, 2.24) is 14.7 Å². The van der Waals surface area contributed by atoms with Crippen molar-refractivity contribution in [3.8, 4) is 0 Å². The molecule has 3 amide bonds. The molecule has 0 unspecified atom stereocenters. The Hall–Kier alpha value is -3.06. The Bertz CT molecular complexity index is 1240. The molecule has 0 spiro atoms. The van der Waals surface area contributed by atoms with Crippen molar-refractivity contribution in [3.05, 3.63) is 28.3 Å². The van der Waals surface area contributed by atoms with Gasteiger partial charge in [-0.05, 0) is 70.7 Å². The number of hydrogen-bond donors (Lipinski definition) is 2. The van der Waals surface area contributed by atoms with E-state index in [1.165, 1.54) is 12.8 Å². The minimum atomic E-state index is -5.08. The lowest BCUT2D eigenvalue weighted by atomic mass is 9.96. The number of anilines is 1. The number of carboxylic acid groups (broad SMARTS) is 1. The summed E-state index contributed by atoms with van der Waals surface area (Å²) >= 11 is 6.46. The fourth-order valence-electron chi connectivity index (χ4n) is 5.82. The second kappa shape index (κ2) is 15.0. The van der Waals surface area contributed by atoms with E-state index in [0.29, 0.717) is 30.4 Å². The van der Waals surface area contributed by atoms with Crippen LogP contribution in [-0.4, -0.2) is 94.2 Å². The predicted octanol–water partition coefficient (Wildman–Crippen LogP) is 5.70. The number of alkyl halides is 3. The van der Waals surface area contributed by atoms with E-state index in [2.05, 4.69) is 22.0 Å². The first-order valence-corrected chi connectivity index (χ1v) is 15.6. The normalized spacial score (nSPS) is 19.8. The van der Waals surface area contributed by atoms with E-state index in [0.717, 1.165) is 55.8 Å². The lowest BCUT2D eigenvalue weighted by molar-refractivity contribution is -0.192. The monoisotopic (exact) mass is 660 g/mol. The van der Waals surface area contributed by atoms with E-state index in [1.807, 2.05) is 33.8 Å². The molecule has 2 heterocycles. The highest BCUT2D eigenvalue weighted by molar-refractivity contribution is 6.31. The molecule has 14 heteroatoms. The number of carbonyl (C=O) groups is 4. The zero-order valence-corrected chi connectivity index (χ0v) is 27.3. The fraction of sp³-hybridized carbons (Fsp3) is 0.677. The molecular weight excluding hydrogens is 617 g/mol. The number of hydrogen-bond acceptors (Lipinski definition) is 6. The van der Waals surface area contributed by atoms with E-state index in [9.17, 15) is 27.6 Å². The molecule has 2 saturated heterocycles. The summed E-state index contributed by atoms with van der Waals surface area (Å²) in [6.07, 6.45) is -0.668. The molecule has 1 aromatic rings. The van der Waals surface area contributed by atoms with Gasteiger partial charge in [-0.2, -0.15) is 13.2 Å². The number of benzene rings is 1. The van der Waals surface area contributed by atoms with Crippen LogP contribution in [0.15, 0.2) is 12.1 Å². The van der Waals surface area contributed by atoms with Crippen molar-refractivity contribution in [2.24, 2.45) is 11.8 Å². The molecule has 10 nitrogen and oxygen atoms in total. The minimum Gasteiger partial charge on any atom is -0.475 e. The molecule has 2 aliphatic heterocycles. The Balaban J connectivity index is 0.000000707. The number of nitrogens with zero attached hydrogens (tertiary/aromatic N) is 3. The Labute approximate surface area is 267 Å². The topological polar surface area (TPSA) is 119 Å². The molecule has 4 rings (SSSR count). The third kappa shape index (κ3) is 10.8. The fourth-order valence-corrected chi connectivity index (χ4v) is 6.06. The number of ether oxygens (including phenoxy) is 1. The molecular formula is C31H44ClF3N4O6. The van der Waals surface area contributed by atoms with Crippen LogP contribution in [0.3, 0.4) is 0 Å². The molecule has 0 bridgehead atoms. The van der Waals surface area contributed by atoms with Gasteiger partial charge in [-0.1, -0.05) is 24.4 Å². The molecule has 0 radical (unpaired) electrons. The van der Waals surface area contributed by atoms with Crippen LogP contribution in [0.25, 0.3) is 0 Å². The van der Waals surface area contributed by atoms with Gasteiger partial charge < -0.3 is 25.0 Å². The zero-order chi connectivity index (χ0) is 33.7. The molecule has 1 atom stereocenters. The highest BCUT2D eigenvalue weighted by Crippen LogP contribution is 2.30. The molecule has 3 aliphatic rings. The van der Waals surface area contributed by atoms with Crippen LogP contribution in [0.5, 0.6) is 0 Å². The molecule has 2 N–H and O–H groups in total. The molecule has 3 fully saturated rings. The molecule has 0 aromatic heterocycles. The summed E-state index contributed by atoms with van der Waals surface area (Å²) in [4.78, 5) is 52.9. The van der Waals surface area contributed by atoms with Crippen molar-refractivity contribution >= 4 is 41.2 Å². The number of halogens is 4. The van der Waals surface area contributed by atoms with Crippen LogP contribution in [0.2, 0.25) is 5.02 Å². The third-order valence-corrected chi connectivity index (χ3v) is 8.39. The van der Waals surface area contributed by atoms with Gasteiger partial charge in [0.15, 0.2) is 0 Å². The van der Waals surface area contributed by atoms with Gasteiger partial charge in [-0.3, -0.25) is 14.5 Å². The van der Waals surface area contributed by atoms with Gasteiger partial charge >= 0.3 is 18.2 Å². The van der Waals surface area contributed by atoms with Crippen LogP contribution in [0.4, 0.5) is 23.7 Å². The van der Waals surface area contributed by atoms with Crippen molar-refractivity contribution in [1.29, 1.82) is 0 Å². The first-order valence-electron chi connectivity index (χ1n) is 15.2. The highest BCUT2D eigenvalue weighted by Gasteiger charge is 2.38. The third-order valence-electron chi connectivity index (χ3n) is 8.17. The number of carboxylic acids is 1. The van der Waals surface area contributed by atoms with Crippen molar-refractivity contribution in [3.63, 3.8) is 0 Å². The van der Waals surface area contributed by atoms with Crippen molar-refractivity contribution in [2.45, 2.75) is 91.1 Å². The second-order valence-corrected chi connectivity index (χ2v) is 13.6. The van der Waals surface area contributed by atoms with Gasteiger partial charge in [-0.25, -0.2) is 9.59 Å². The van der Waals surface area contributed by atoms with E-state index >= 15 is 0 Å². The van der Waals surface area contributed by atoms with E-state index < -0.39 is 17.7 Å². The van der Waals surface area contributed by atoms with Crippen molar-refractivity contribution < 1.29 is 42.2 Å². The molecule has 1 saturated carbocycles. The molecule has 252 valence electrons. The van der Waals surface area contributed by atoms with Gasteiger partial charge in [0.2, 0.25) is 11.8 Å². The van der Waals surface area contributed by atoms with Gasteiger partial charge in [0, 0.05) is 74.3 Å². The summed E-state index contributed by atoms with van der Waals surface area (Å²) in [5.74, 6) is -2.17. The number of aliphatic carboxylic acids is 1. The lowest BCUT2D eigenvalue weighted by Crippen LogP contribution is -2.54. The number of likely N-dealkylation sites (tertiary alicyclic amines) is 1. The quantitative estimate of drug-likeness (QED) is 0.402. The summed E-state index contributed by atoms with van der Waals surface area (Å²) < 4.78 is 37.1. The maximum Gasteiger partial charge on any atom is 0.490 e. The Morgan fingerprint density at radius 1 is 1.04 bits per heavy atom. The summed E-state index contributed by atoms with van der Waals surface area (Å²) in [6, 6.07) is 3.95. The lowest BCUT2D eigenvalue weighted by Gasteiger charge is -2.41. The minimum absolute atomic E-state index is 0.0807. The Morgan fingerprint density at radius 2 is 1.64 bits per heavy atom. The number of piperazine rings is 1. The van der Waals surface area contributed by atoms with Crippen LogP contribution in [-0.2, 0) is 25.7 Å². The van der Waals surface area contributed by atoms with Gasteiger partial charge in [0.1, 0.15) is 5.60 Å². The Morgan fingerprint density at radius 3 is 2.18 bits per heavy atom. The second-order valence-electron chi connectivity index (χ2n) is 13.1. The molecule has 1 aromatic carbocycles. The predicted molar refractivity (Wildman–Crippen MR) is 163 cm³/mol. The van der Waals surface area contributed by atoms with E-state index in [-0.39, 0.29) is 29.9 Å². The SMILES string of the molecule is Cc1c(CN2CCN(C(=O)C3CCCC3)[C@@H](C)C2)cc(Cl)cc1NC(=O)CC1CN(C(=O)OC(C)(C)C)C1.O=C(O)C(F)(F)F. The molecule has 45 heavy (non-hydrogen) atoms. The zero-order valence-electron chi connectivity index (χ0n) is 26.5. The average molecular weight is 661 g/mol. The average Bonchev–Trinajstić information content (AvgIpc) is 3.42. The van der Waals surface area contributed by atoms with Crippen LogP contribution in [0, 0.1) is 18.8 Å². The van der Waals surface area contributed by atoms with Crippen LogP contribution in [0.1, 0.15) is 70.9 Å². The number of rotatable bonds is 6. The smallest absolute Gasteiger partial charge is 0.475 e. The summed E-state index contributed by atoms with van der Waals surface area (Å²) in [6.45, 7) is 13.8. The largest absolute Gasteiger partial charge is 0.490 e. The summed E-state index contributed by atoms with van der Waals surface area (Å²) in [7, 11) is 0. The van der Waals surface area contributed by atoms with Gasteiger partial charge in [0.25, 0.3) is 0 Å². The van der Waals surface area contributed by atoms with Crippen LogP contribution >= 0.6 is 11.6 Å². The van der Waals surface area contributed by atoms with Crippen LogP contribution < -0.4 is 5.32 Å². The molecule has 1 aliphatic carbocycles. The van der Waals surface area contributed by atoms with Gasteiger partial charge in [0.05, 0.1) is 0 Å². The first kappa shape index (κ1) is 36.4. The van der Waals surface area contributed by atoms with Gasteiger partial charge in [-0.15, -0.1) is 0 Å². The summed E-state index contributed by atoms with van der Waals surface area (Å²) in [5.41, 5.74) is 2.28. The van der Waals surface area contributed by atoms with E-state index in [4.69, 9.17) is 26.2 Å². The van der Waals surface area contributed by atoms with Crippen molar-refractivity contribution in [2.75, 3.05) is 38.0 Å². The highest BCUT2D eigenvalue weighted by atomic mass is 35.5. The maximum absolute atomic E-state index is 13.0. The number of carbonyl (C=O) groups excluding carboxylic acids is 3. The Kier molecular flexibility index (Phi) is 12.2. The first-order chi connectivity index (χ1) is 20.8. The summed E-state index contributed by atoms with van der Waals surface area (Å²) in [5, 5.41) is 10.8. The standard InChI is InChI=1S/C29H43ClN4O4.C2HF3O2/c1-19-15-32(10-11-34(19)27(36)22-8-6-7-9-22)18-23-13-24(30)14-25(20(23)2)31-26(35)12-21-16-33(17-21)28(37)38-29(3,4)5;3-2(4,5)1(6)7/h13-14,19,21-22H,6-12,15-18H2,1-5H3,(H,31,35);(H,6,7)/t19-;/m0./s1. The number of amides is 3.